The maximum Gasteiger partial charge on any atom is 0.0160 e. The van der Waals surface area contributed by atoms with Gasteiger partial charge in [0.15, 0.2) is 0 Å². The lowest BCUT2D eigenvalue weighted by atomic mass is 10.4. The molecule has 0 saturated heterocycles. The molecule has 1 aliphatic rings. The van der Waals surface area contributed by atoms with E-state index < -0.39 is 0 Å². The summed E-state index contributed by atoms with van der Waals surface area (Å²) in [6.45, 7) is 0. The Morgan fingerprint density at radius 1 is 1.25 bits per heavy atom. The SMILES string of the molecule is C1=CC(Pc2ccccc2)PC1. The molecule has 12 heavy (non-hydrogen) atoms. The van der Waals surface area contributed by atoms with Crippen LogP contribution in [0.2, 0.25) is 0 Å². The van der Waals surface area contributed by atoms with Crippen molar-refractivity contribution in [2.24, 2.45) is 0 Å². The first-order valence-electron chi connectivity index (χ1n) is 4.17. The van der Waals surface area contributed by atoms with E-state index in [9.17, 15) is 0 Å². The Kier molecular flexibility index (Phi) is 2.93. The molecular formula is C10H12P2. The van der Waals surface area contributed by atoms with Gasteiger partial charge in [-0.05, 0) is 11.5 Å². The molecule has 2 rings (SSSR count). The molecule has 3 atom stereocenters. The van der Waals surface area contributed by atoms with Crippen LogP contribution in [0, 0.1) is 0 Å². The average molecular weight is 194 g/mol. The summed E-state index contributed by atoms with van der Waals surface area (Å²) in [4.78, 5) is 0. The second kappa shape index (κ2) is 4.17. The zero-order chi connectivity index (χ0) is 8.23. The second-order valence-electron chi connectivity index (χ2n) is 2.82. The van der Waals surface area contributed by atoms with Crippen molar-refractivity contribution < 1.29 is 0 Å². The van der Waals surface area contributed by atoms with Gasteiger partial charge in [-0.2, -0.15) is 0 Å². The van der Waals surface area contributed by atoms with Gasteiger partial charge in [0.2, 0.25) is 0 Å². The van der Waals surface area contributed by atoms with Crippen molar-refractivity contribution in [1.82, 2.24) is 0 Å². The minimum absolute atomic E-state index is 0.854. The highest BCUT2D eigenvalue weighted by Crippen LogP contribution is 2.38. The van der Waals surface area contributed by atoms with Gasteiger partial charge in [-0.1, -0.05) is 51.1 Å². The Labute approximate surface area is 77.0 Å². The molecule has 1 aliphatic heterocycles. The Hall–Kier alpha value is -0.180. The van der Waals surface area contributed by atoms with Crippen LogP contribution in [0.15, 0.2) is 42.5 Å². The van der Waals surface area contributed by atoms with E-state index in [-0.39, 0.29) is 0 Å². The minimum atomic E-state index is 0.854. The summed E-state index contributed by atoms with van der Waals surface area (Å²) in [5.74, 6) is 0. The van der Waals surface area contributed by atoms with Crippen LogP contribution in [-0.2, 0) is 0 Å². The largest absolute Gasteiger partial charge is 0.106 e. The third kappa shape index (κ3) is 2.16. The summed E-state index contributed by atoms with van der Waals surface area (Å²) < 4.78 is 0. The molecule has 0 aromatic heterocycles. The Morgan fingerprint density at radius 3 is 2.75 bits per heavy atom. The summed E-state index contributed by atoms with van der Waals surface area (Å²) in [5, 5.41) is 2.36. The van der Waals surface area contributed by atoms with E-state index >= 15 is 0 Å². The van der Waals surface area contributed by atoms with Crippen molar-refractivity contribution in [3.63, 3.8) is 0 Å². The highest BCUT2D eigenvalue weighted by molar-refractivity contribution is 7.62. The molecule has 0 spiro atoms. The molecule has 0 amide bonds. The molecule has 0 saturated carbocycles. The molecule has 0 aliphatic carbocycles. The van der Waals surface area contributed by atoms with E-state index in [1.165, 1.54) is 11.5 Å². The van der Waals surface area contributed by atoms with Crippen molar-refractivity contribution in [3.05, 3.63) is 42.5 Å². The molecule has 62 valence electrons. The van der Waals surface area contributed by atoms with Crippen LogP contribution in [0.1, 0.15) is 0 Å². The lowest BCUT2D eigenvalue weighted by Crippen LogP contribution is -1.96. The monoisotopic (exact) mass is 194 g/mol. The second-order valence-corrected chi connectivity index (χ2v) is 6.33. The molecular weight excluding hydrogens is 182 g/mol. The molecule has 0 radical (unpaired) electrons. The Balaban J connectivity index is 1.99. The van der Waals surface area contributed by atoms with E-state index in [0.717, 1.165) is 22.6 Å². The van der Waals surface area contributed by atoms with Crippen molar-refractivity contribution in [2.45, 2.75) is 5.40 Å². The summed E-state index contributed by atoms with van der Waals surface area (Å²) in [7, 11) is 2.11. The van der Waals surface area contributed by atoms with Crippen molar-refractivity contribution in [1.29, 1.82) is 0 Å². The normalized spacial score (nSPS) is 24.5. The van der Waals surface area contributed by atoms with E-state index in [1.807, 2.05) is 0 Å². The fraction of sp³-hybridized carbons (Fsp3) is 0.200. The van der Waals surface area contributed by atoms with Gasteiger partial charge in [0, 0.05) is 5.40 Å². The minimum Gasteiger partial charge on any atom is -0.106 e. The first-order chi connectivity index (χ1) is 5.95. The van der Waals surface area contributed by atoms with Crippen molar-refractivity contribution in [3.8, 4) is 0 Å². The smallest absolute Gasteiger partial charge is 0.0160 e. The molecule has 0 N–H and O–H groups in total. The molecule has 0 bridgehead atoms. The number of hydrogen-bond donors (Lipinski definition) is 0. The summed E-state index contributed by atoms with van der Waals surface area (Å²) in [6.07, 6.45) is 6.01. The van der Waals surface area contributed by atoms with Crippen LogP contribution in [0.25, 0.3) is 0 Å². The van der Waals surface area contributed by atoms with Gasteiger partial charge in [-0.25, -0.2) is 0 Å². The van der Waals surface area contributed by atoms with Gasteiger partial charge in [0.25, 0.3) is 0 Å². The number of allylic oxidation sites excluding steroid dienone is 2. The van der Waals surface area contributed by atoms with Gasteiger partial charge in [0.1, 0.15) is 0 Å². The maximum absolute atomic E-state index is 2.38. The highest BCUT2D eigenvalue weighted by atomic mass is 31.1. The van der Waals surface area contributed by atoms with Gasteiger partial charge < -0.3 is 0 Å². The number of benzene rings is 1. The van der Waals surface area contributed by atoms with Crippen LogP contribution >= 0.6 is 17.2 Å². The highest BCUT2D eigenvalue weighted by Gasteiger charge is 2.08. The molecule has 0 nitrogen and oxygen atoms in total. The van der Waals surface area contributed by atoms with Crippen LogP contribution in [-0.4, -0.2) is 11.6 Å². The van der Waals surface area contributed by atoms with E-state index in [1.54, 1.807) is 0 Å². The Morgan fingerprint density at radius 2 is 2.08 bits per heavy atom. The molecule has 1 heterocycles. The van der Waals surface area contributed by atoms with Crippen LogP contribution in [0.3, 0.4) is 0 Å². The van der Waals surface area contributed by atoms with Crippen molar-refractivity contribution >= 4 is 22.5 Å². The average Bonchev–Trinajstić information content (AvgIpc) is 2.59. The molecule has 2 heteroatoms. The van der Waals surface area contributed by atoms with Gasteiger partial charge >= 0.3 is 0 Å². The van der Waals surface area contributed by atoms with E-state index in [0.29, 0.717) is 0 Å². The maximum atomic E-state index is 2.38. The molecule has 3 unspecified atom stereocenters. The lowest BCUT2D eigenvalue weighted by Gasteiger charge is -2.06. The molecule has 1 aromatic carbocycles. The van der Waals surface area contributed by atoms with E-state index in [4.69, 9.17) is 0 Å². The fourth-order valence-electron chi connectivity index (χ4n) is 1.28. The zero-order valence-electron chi connectivity index (χ0n) is 6.83. The predicted octanol–water partition coefficient (Wildman–Crippen LogP) is 2.56. The van der Waals surface area contributed by atoms with Gasteiger partial charge in [-0.3, -0.25) is 0 Å². The predicted molar refractivity (Wildman–Crippen MR) is 60.5 cm³/mol. The van der Waals surface area contributed by atoms with Gasteiger partial charge in [-0.15, -0.1) is 8.58 Å². The first kappa shape index (κ1) is 8.42. The van der Waals surface area contributed by atoms with E-state index in [2.05, 4.69) is 42.5 Å². The third-order valence-corrected chi connectivity index (χ3v) is 5.20. The Bertz CT molecular complexity index is 266. The summed E-state index contributed by atoms with van der Waals surface area (Å²) >= 11 is 0. The summed E-state index contributed by atoms with van der Waals surface area (Å²) in [6, 6.07) is 10.8. The van der Waals surface area contributed by atoms with Crippen LogP contribution in [0.5, 0.6) is 0 Å². The number of hydrogen-bond acceptors (Lipinski definition) is 0. The molecule has 1 aromatic rings. The fourth-order valence-corrected chi connectivity index (χ4v) is 4.32. The standard InChI is InChI=1S/C10H12P2/c1-2-5-9(6-3-1)12-10-7-4-8-11-10/h1-7,10-12H,8H2. The third-order valence-electron chi connectivity index (χ3n) is 1.88. The lowest BCUT2D eigenvalue weighted by molar-refractivity contribution is 1.66. The molecule has 0 fully saturated rings. The summed E-state index contributed by atoms with van der Waals surface area (Å²) in [5.41, 5.74) is 0. The topological polar surface area (TPSA) is 0 Å². The zero-order valence-corrected chi connectivity index (χ0v) is 8.83. The quantitative estimate of drug-likeness (QED) is 0.501. The van der Waals surface area contributed by atoms with Gasteiger partial charge in [0.05, 0.1) is 0 Å². The van der Waals surface area contributed by atoms with Crippen molar-refractivity contribution in [2.75, 3.05) is 6.16 Å². The first-order valence-corrected chi connectivity index (χ1v) is 6.53. The van der Waals surface area contributed by atoms with Crippen LogP contribution in [0.4, 0.5) is 0 Å². The van der Waals surface area contributed by atoms with Crippen LogP contribution < -0.4 is 5.30 Å². The number of rotatable bonds is 2.